The van der Waals surface area contributed by atoms with Crippen LogP contribution >= 0.6 is 0 Å². The Balaban J connectivity index is 0.980. The van der Waals surface area contributed by atoms with Crippen molar-refractivity contribution in [3.8, 4) is 5.75 Å². The molecular weight excluding hydrogens is 645 g/mol. The van der Waals surface area contributed by atoms with Crippen molar-refractivity contribution in [1.29, 1.82) is 0 Å². The molecule has 0 spiro atoms. The fourth-order valence-corrected chi connectivity index (χ4v) is 8.14. The number of aliphatic hydroxyl groups excluding tert-OH is 1. The van der Waals surface area contributed by atoms with Crippen LogP contribution < -0.4 is 19.7 Å². The largest absolute Gasteiger partial charge is 0.506 e. The van der Waals surface area contributed by atoms with E-state index in [9.17, 15) is 33.0 Å². The standard InChI is InChI=1S/C32H34FN7O7S/c1-17-23-13-19(2-5-24(23)40(36-17)25-6-7-27(42)35-32(25)45)18-8-10-38(11-9-18)15-28(43)34-21-3-4-22-20(12-21)14-26(41)31(30(22)33)39-16-29(44)37-48(39,46)47/h2-5,12-14,18,25,32,41,45H,6-11,15-16H2,1H3,(H,34,43)(H,35,42)(H,37,44). The molecule has 48 heavy (non-hydrogen) atoms. The average Bonchev–Trinajstić information content (AvgIpc) is 3.50. The van der Waals surface area contributed by atoms with Crippen LogP contribution in [0.25, 0.3) is 21.7 Å². The van der Waals surface area contributed by atoms with Crippen molar-refractivity contribution in [3.63, 3.8) is 0 Å². The molecule has 2 unspecified atom stereocenters. The van der Waals surface area contributed by atoms with E-state index in [2.05, 4.69) is 27.7 Å². The van der Waals surface area contributed by atoms with Crippen molar-refractivity contribution in [2.75, 3.05) is 35.8 Å². The predicted octanol–water partition coefficient (Wildman–Crippen LogP) is 2.11. The molecule has 2 atom stereocenters. The highest BCUT2D eigenvalue weighted by molar-refractivity contribution is 7.92. The van der Waals surface area contributed by atoms with Crippen LogP contribution in [0.5, 0.6) is 5.75 Å². The Labute approximate surface area is 274 Å². The zero-order chi connectivity index (χ0) is 33.9. The molecule has 7 rings (SSSR count). The molecule has 3 fully saturated rings. The van der Waals surface area contributed by atoms with E-state index in [4.69, 9.17) is 5.10 Å². The van der Waals surface area contributed by atoms with Crippen LogP contribution in [0.4, 0.5) is 15.8 Å². The number of aromatic hydroxyl groups is 1. The van der Waals surface area contributed by atoms with Gasteiger partial charge in [-0.25, -0.2) is 13.4 Å². The van der Waals surface area contributed by atoms with E-state index >= 15 is 4.39 Å². The normalized spacial score (nSPS) is 21.9. The van der Waals surface area contributed by atoms with Gasteiger partial charge < -0.3 is 20.8 Å². The first kappa shape index (κ1) is 31.8. The summed E-state index contributed by atoms with van der Waals surface area (Å²) in [6, 6.07) is 11.5. The number of likely N-dealkylation sites (tertiary alicyclic amines) is 1. The first-order valence-electron chi connectivity index (χ1n) is 15.6. The third kappa shape index (κ3) is 5.79. The number of fused-ring (bicyclic) bond motifs is 2. The number of phenols is 1. The van der Waals surface area contributed by atoms with Crippen molar-refractivity contribution < 1.29 is 37.4 Å². The average molecular weight is 680 g/mol. The molecule has 14 nitrogen and oxygen atoms in total. The summed E-state index contributed by atoms with van der Waals surface area (Å²) < 4.78 is 43.9. The summed E-state index contributed by atoms with van der Waals surface area (Å²) in [6.45, 7) is 2.85. The van der Waals surface area contributed by atoms with Gasteiger partial charge in [-0.15, -0.1) is 0 Å². The number of aliphatic hydroxyl groups is 1. The smallest absolute Gasteiger partial charge is 0.326 e. The van der Waals surface area contributed by atoms with Crippen LogP contribution in [0.2, 0.25) is 0 Å². The summed E-state index contributed by atoms with van der Waals surface area (Å²) in [5.74, 6) is -2.63. The lowest BCUT2D eigenvalue weighted by Crippen LogP contribution is -2.45. The van der Waals surface area contributed by atoms with Crippen LogP contribution in [-0.2, 0) is 24.6 Å². The lowest BCUT2D eigenvalue weighted by atomic mass is 9.88. The third-order valence-electron chi connectivity index (χ3n) is 9.38. The van der Waals surface area contributed by atoms with Gasteiger partial charge in [-0.1, -0.05) is 6.07 Å². The summed E-state index contributed by atoms with van der Waals surface area (Å²) in [6.07, 6.45) is 1.56. The first-order valence-corrected chi connectivity index (χ1v) is 17.1. The lowest BCUT2D eigenvalue weighted by molar-refractivity contribution is -0.128. The fourth-order valence-electron chi connectivity index (χ4n) is 6.97. The van der Waals surface area contributed by atoms with E-state index < -0.39 is 46.1 Å². The maximum absolute atomic E-state index is 15.4. The van der Waals surface area contributed by atoms with Crippen molar-refractivity contribution >= 4 is 61.0 Å². The second-order valence-electron chi connectivity index (χ2n) is 12.6. The van der Waals surface area contributed by atoms with Crippen LogP contribution in [0.1, 0.15) is 48.9 Å². The number of halogens is 1. The summed E-state index contributed by atoms with van der Waals surface area (Å²) >= 11 is 0. The Bertz CT molecular complexity index is 2100. The number of benzene rings is 3. The summed E-state index contributed by atoms with van der Waals surface area (Å²) in [7, 11) is -4.33. The van der Waals surface area contributed by atoms with Crippen LogP contribution in [0.3, 0.4) is 0 Å². The molecule has 3 amide bonds. The SMILES string of the molecule is Cc1nn(C2CCC(=O)NC2O)c2ccc(C3CCN(CC(=O)Nc4ccc5c(F)c(N6CC(=O)NS6(=O)=O)c(O)cc5c4)CC3)cc12. The number of phenolic OH excluding ortho intramolecular Hbond substituents is 1. The van der Waals surface area contributed by atoms with Crippen molar-refractivity contribution in [1.82, 2.24) is 24.7 Å². The lowest BCUT2D eigenvalue weighted by Gasteiger charge is -2.32. The molecule has 16 heteroatoms. The first-order chi connectivity index (χ1) is 22.9. The number of anilines is 2. The molecule has 4 aromatic rings. The quantitative estimate of drug-likeness (QED) is 0.204. The molecule has 1 aromatic heterocycles. The fraction of sp³-hybridized carbons (Fsp3) is 0.375. The molecule has 5 N–H and O–H groups in total. The van der Waals surface area contributed by atoms with E-state index in [-0.39, 0.29) is 35.2 Å². The molecule has 4 heterocycles. The Morgan fingerprint density at radius 1 is 1.06 bits per heavy atom. The Kier molecular flexibility index (Phi) is 7.96. The maximum atomic E-state index is 15.4. The second-order valence-corrected chi connectivity index (χ2v) is 14.1. The molecular formula is C32H34FN7O7S. The highest BCUT2D eigenvalue weighted by atomic mass is 32.2. The highest BCUT2D eigenvalue weighted by Gasteiger charge is 2.38. The van der Waals surface area contributed by atoms with Crippen molar-refractivity contribution in [2.45, 2.75) is 50.8 Å². The number of carbonyl (C=O) groups excluding carboxylic acids is 3. The van der Waals surface area contributed by atoms with Crippen molar-refractivity contribution in [3.05, 3.63) is 59.5 Å². The van der Waals surface area contributed by atoms with Gasteiger partial charge in [0, 0.05) is 22.9 Å². The van der Waals surface area contributed by atoms with Crippen molar-refractivity contribution in [2.24, 2.45) is 0 Å². The second kappa shape index (κ2) is 12.0. The van der Waals surface area contributed by atoms with E-state index in [0.717, 1.165) is 29.4 Å². The minimum Gasteiger partial charge on any atom is -0.506 e. The number of nitrogens with zero attached hydrogens (tertiary/aromatic N) is 4. The molecule has 252 valence electrons. The van der Waals surface area contributed by atoms with Gasteiger partial charge in [-0.3, -0.25) is 24.0 Å². The molecule has 3 aliphatic rings. The van der Waals surface area contributed by atoms with Crippen LogP contribution in [-0.4, -0.2) is 83.4 Å². The minimum absolute atomic E-state index is 0.0122. The van der Waals surface area contributed by atoms with Gasteiger partial charge in [0.1, 0.15) is 24.2 Å². The van der Waals surface area contributed by atoms with Gasteiger partial charge in [0.15, 0.2) is 5.82 Å². The Morgan fingerprint density at radius 3 is 2.54 bits per heavy atom. The van der Waals surface area contributed by atoms with Gasteiger partial charge in [0.05, 0.1) is 23.8 Å². The number of hydrogen-bond acceptors (Lipinski definition) is 9. The molecule has 3 aliphatic heterocycles. The highest BCUT2D eigenvalue weighted by Crippen LogP contribution is 2.39. The molecule has 3 saturated heterocycles. The third-order valence-corrected chi connectivity index (χ3v) is 10.8. The van der Waals surface area contributed by atoms with Crippen LogP contribution in [0.15, 0.2) is 42.5 Å². The Hall–Kier alpha value is -4.80. The summed E-state index contributed by atoms with van der Waals surface area (Å²) in [5, 5.41) is 32.3. The number of hydrogen-bond donors (Lipinski definition) is 5. The maximum Gasteiger partial charge on any atom is 0.326 e. The number of carbonyl (C=O) groups is 3. The molecule has 0 saturated carbocycles. The van der Waals surface area contributed by atoms with Gasteiger partial charge in [0.25, 0.3) is 5.91 Å². The van der Waals surface area contributed by atoms with Gasteiger partial charge in [-0.2, -0.15) is 13.5 Å². The Morgan fingerprint density at radius 2 is 1.83 bits per heavy atom. The van der Waals surface area contributed by atoms with Gasteiger partial charge in [0.2, 0.25) is 11.8 Å². The molecule has 3 aromatic carbocycles. The van der Waals surface area contributed by atoms with E-state index in [1.54, 1.807) is 4.72 Å². The van der Waals surface area contributed by atoms with E-state index in [1.165, 1.54) is 29.8 Å². The number of aryl methyl sites for hydroxylation is 1. The summed E-state index contributed by atoms with van der Waals surface area (Å²) in [4.78, 5) is 38.3. The van der Waals surface area contributed by atoms with E-state index in [1.807, 2.05) is 17.7 Å². The molecule has 0 bridgehead atoms. The zero-order valence-corrected chi connectivity index (χ0v) is 26.8. The van der Waals surface area contributed by atoms with Gasteiger partial charge in [-0.05, 0) is 92.5 Å². The zero-order valence-electron chi connectivity index (χ0n) is 25.9. The topological polar surface area (TPSA) is 186 Å². The van der Waals surface area contributed by atoms with Gasteiger partial charge >= 0.3 is 10.2 Å². The summed E-state index contributed by atoms with van der Waals surface area (Å²) in [5.41, 5.74) is 2.71. The predicted molar refractivity (Wildman–Crippen MR) is 174 cm³/mol. The number of nitrogens with one attached hydrogen (secondary N) is 3. The number of rotatable bonds is 6. The van der Waals surface area contributed by atoms with E-state index in [0.29, 0.717) is 41.8 Å². The monoisotopic (exact) mass is 679 g/mol. The number of aromatic nitrogens is 2. The van der Waals surface area contributed by atoms with Crippen LogP contribution in [0, 0.1) is 12.7 Å². The number of piperidine rings is 2. The minimum atomic E-state index is -4.33. The molecule has 0 aliphatic carbocycles. The number of amides is 3. The molecule has 0 radical (unpaired) electrons.